The molecule has 84 valence electrons. The lowest BCUT2D eigenvalue weighted by molar-refractivity contribution is -0.137. The molecule has 0 spiro atoms. The average molecular weight is 211 g/mol. The van der Waals surface area contributed by atoms with Gasteiger partial charge in [-0.25, -0.2) is 0 Å². The zero-order valence-electron chi connectivity index (χ0n) is 8.89. The van der Waals surface area contributed by atoms with E-state index in [4.69, 9.17) is 5.11 Å². The molecule has 0 amide bonds. The SMILES string of the molecule is CC(CC(=O)O)NCCCn1cccn1. The molecule has 1 aromatic rings. The smallest absolute Gasteiger partial charge is 0.304 e. The van der Waals surface area contributed by atoms with Crippen molar-refractivity contribution in [3.63, 3.8) is 0 Å². The third kappa shape index (κ3) is 5.17. The van der Waals surface area contributed by atoms with E-state index in [-0.39, 0.29) is 12.5 Å². The first-order chi connectivity index (χ1) is 7.18. The van der Waals surface area contributed by atoms with Crippen LogP contribution in [-0.4, -0.2) is 33.4 Å². The zero-order chi connectivity index (χ0) is 11.1. The lowest BCUT2D eigenvalue weighted by Gasteiger charge is -2.10. The van der Waals surface area contributed by atoms with E-state index in [0.29, 0.717) is 0 Å². The third-order valence-corrected chi connectivity index (χ3v) is 2.10. The van der Waals surface area contributed by atoms with Gasteiger partial charge in [0.2, 0.25) is 0 Å². The molecule has 5 heteroatoms. The summed E-state index contributed by atoms with van der Waals surface area (Å²) in [5.41, 5.74) is 0. The Balaban J connectivity index is 2.04. The van der Waals surface area contributed by atoms with E-state index in [1.807, 2.05) is 23.9 Å². The molecule has 0 saturated carbocycles. The van der Waals surface area contributed by atoms with Gasteiger partial charge in [0.05, 0.1) is 6.42 Å². The van der Waals surface area contributed by atoms with Crippen LogP contribution in [0.15, 0.2) is 18.5 Å². The third-order valence-electron chi connectivity index (χ3n) is 2.10. The summed E-state index contributed by atoms with van der Waals surface area (Å²) in [6.45, 7) is 3.55. The van der Waals surface area contributed by atoms with Gasteiger partial charge in [0.25, 0.3) is 0 Å². The Bertz CT molecular complexity index is 285. The number of rotatable bonds is 7. The Morgan fingerprint density at radius 2 is 2.47 bits per heavy atom. The van der Waals surface area contributed by atoms with Crippen molar-refractivity contribution in [2.24, 2.45) is 0 Å². The van der Waals surface area contributed by atoms with E-state index in [2.05, 4.69) is 10.4 Å². The van der Waals surface area contributed by atoms with Crippen molar-refractivity contribution in [3.05, 3.63) is 18.5 Å². The van der Waals surface area contributed by atoms with Crippen molar-refractivity contribution >= 4 is 5.97 Å². The maximum Gasteiger partial charge on any atom is 0.304 e. The fourth-order valence-corrected chi connectivity index (χ4v) is 1.36. The molecule has 1 heterocycles. The molecular formula is C10H17N3O2. The highest BCUT2D eigenvalue weighted by molar-refractivity contribution is 5.67. The molecule has 1 rings (SSSR count). The average Bonchev–Trinajstić information content (AvgIpc) is 2.63. The Morgan fingerprint density at radius 3 is 3.07 bits per heavy atom. The van der Waals surface area contributed by atoms with Crippen molar-refractivity contribution in [3.8, 4) is 0 Å². The molecule has 5 nitrogen and oxygen atoms in total. The Hall–Kier alpha value is -1.36. The number of carboxylic acids is 1. The molecule has 1 atom stereocenters. The van der Waals surface area contributed by atoms with Gasteiger partial charge >= 0.3 is 5.97 Å². The first-order valence-electron chi connectivity index (χ1n) is 5.11. The van der Waals surface area contributed by atoms with Crippen molar-refractivity contribution in [1.82, 2.24) is 15.1 Å². The number of carbonyl (C=O) groups is 1. The van der Waals surface area contributed by atoms with E-state index in [0.717, 1.165) is 19.5 Å². The molecule has 0 aliphatic rings. The van der Waals surface area contributed by atoms with Crippen LogP contribution in [-0.2, 0) is 11.3 Å². The normalized spacial score (nSPS) is 12.6. The predicted molar refractivity (Wildman–Crippen MR) is 56.6 cm³/mol. The molecule has 0 aliphatic heterocycles. The van der Waals surface area contributed by atoms with Gasteiger partial charge in [-0.2, -0.15) is 5.10 Å². The molecule has 0 bridgehead atoms. The van der Waals surface area contributed by atoms with Crippen molar-refractivity contribution in [1.29, 1.82) is 0 Å². The number of carboxylic acid groups (broad SMARTS) is 1. The number of aliphatic carboxylic acids is 1. The van der Waals surface area contributed by atoms with Crippen LogP contribution in [0.1, 0.15) is 19.8 Å². The summed E-state index contributed by atoms with van der Waals surface area (Å²) in [6, 6.07) is 1.92. The van der Waals surface area contributed by atoms with Crippen LogP contribution in [0.2, 0.25) is 0 Å². The summed E-state index contributed by atoms with van der Waals surface area (Å²) in [4.78, 5) is 10.4. The summed E-state index contributed by atoms with van der Waals surface area (Å²) in [6.07, 6.45) is 4.79. The quantitative estimate of drug-likeness (QED) is 0.652. The molecule has 0 radical (unpaired) electrons. The molecular weight excluding hydrogens is 194 g/mol. The highest BCUT2D eigenvalue weighted by atomic mass is 16.4. The van der Waals surface area contributed by atoms with Gasteiger partial charge in [0.1, 0.15) is 0 Å². The van der Waals surface area contributed by atoms with E-state index in [1.165, 1.54) is 0 Å². The minimum atomic E-state index is -0.762. The molecule has 0 saturated heterocycles. The number of nitrogens with one attached hydrogen (secondary N) is 1. The summed E-state index contributed by atoms with van der Waals surface area (Å²) in [5, 5.41) is 15.8. The molecule has 1 unspecified atom stereocenters. The van der Waals surface area contributed by atoms with Crippen LogP contribution < -0.4 is 5.32 Å². The second-order valence-electron chi connectivity index (χ2n) is 3.58. The minimum Gasteiger partial charge on any atom is -0.481 e. The minimum absolute atomic E-state index is 0.0279. The van der Waals surface area contributed by atoms with Crippen LogP contribution in [0.5, 0.6) is 0 Å². The molecule has 1 aromatic heterocycles. The Kier molecular flexibility index (Phi) is 4.83. The number of hydrogen-bond donors (Lipinski definition) is 2. The second-order valence-corrected chi connectivity index (χ2v) is 3.58. The summed E-state index contributed by atoms with van der Waals surface area (Å²) >= 11 is 0. The van der Waals surface area contributed by atoms with Crippen molar-refractivity contribution < 1.29 is 9.90 Å². The van der Waals surface area contributed by atoms with Crippen LogP contribution in [0.4, 0.5) is 0 Å². The van der Waals surface area contributed by atoms with Crippen molar-refractivity contribution in [2.75, 3.05) is 6.54 Å². The number of aryl methyl sites for hydroxylation is 1. The fourth-order valence-electron chi connectivity index (χ4n) is 1.36. The van der Waals surface area contributed by atoms with Gasteiger partial charge in [-0.3, -0.25) is 9.48 Å². The van der Waals surface area contributed by atoms with Crippen LogP contribution in [0.3, 0.4) is 0 Å². The summed E-state index contributed by atoms with van der Waals surface area (Å²) < 4.78 is 1.86. The van der Waals surface area contributed by atoms with Gasteiger partial charge in [-0.1, -0.05) is 0 Å². The first kappa shape index (κ1) is 11.7. The fraction of sp³-hybridized carbons (Fsp3) is 0.600. The number of aromatic nitrogens is 2. The standard InChI is InChI=1S/C10H17N3O2/c1-9(8-10(14)15)11-4-2-6-13-7-3-5-12-13/h3,5,7,9,11H,2,4,6,8H2,1H3,(H,14,15). The maximum atomic E-state index is 10.4. The van der Waals surface area contributed by atoms with Gasteiger partial charge in [0, 0.05) is 25.0 Å². The zero-order valence-corrected chi connectivity index (χ0v) is 8.89. The molecule has 2 N–H and O–H groups in total. The van der Waals surface area contributed by atoms with Gasteiger partial charge in [0.15, 0.2) is 0 Å². The molecule has 0 aliphatic carbocycles. The molecule has 15 heavy (non-hydrogen) atoms. The summed E-state index contributed by atoms with van der Waals surface area (Å²) in [5.74, 6) is -0.762. The van der Waals surface area contributed by atoms with E-state index in [9.17, 15) is 4.79 Å². The van der Waals surface area contributed by atoms with Gasteiger partial charge in [-0.15, -0.1) is 0 Å². The van der Waals surface area contributed by atoms with E-state index in [1.54, 1.807) is 6.20 Å². The molecule has 0 fully saturated rings. The topological polar surface area (TPSA) is 67.2 Å². The first-order valence-corrected chi connectivity index (χ1v) is 5.11. The van der Waals surface area contributed by atoms with E-state index < -0.39 is 5.97 Å². The lowest BCUT2D eigenvalue weighted by atomic mass is 10.2. The van der Waals surface area contributed by atoms with Gasteiger partial charge in [-0.05, 0) is 26.0 Å². The largest absolute Gasteiger partial charge is 0.481 e. The van der Waals surface area contributed by atoms with Crippen LogP contribution >= 0.6 is 0 Å². The Labute approximate surface area is 89.1 Å². The van der Waals surface area contributed by atoms with Crippen LogP contribution in [0, 0.1) is 0 Å². The highest BCUT2D eigenvalue weighted by Crippen LogP contribution is 1.92. The Morgan fingerprint density at radius 1 is 1.67 bits per heavy atom. The number of hydrogen-bond acceptors (Lipinski definition) is 3. The van der Waals surface area contributed by atoms with Gasteiger partial charge < -0.3 is 10.4 Å². The van der Waals surface area contributed by atoms with Crippen LogP contribution in [0.25, 0.3) is 0 Å². The monoisotopic (exact) mass is 211 g/mol. The maximum absolute atomic E-state index is 10.4. The predicted octanol–water partition coefficient (Wildman–Crippen LogP) is 0.726. The number of nitrogens with zero attached hydrogens (tertiary/aromatic N) is 2. The van der Waals surface area contributed by atoms with Crippen molar-refractivity contribution in [2.45, 2.75) is 32.4 Å². The second kappa shape index (κ2) is 6.19. The molecule has 0 aromatic carbocycles. The highest BCUT2D eigenvalue weighted by Gasteiger charge is 2.05. The summed E-state index contributed by atoms with van der Waals surface area (Å²) in [7, 11) is 0. The lowest BCUT2D eigenvalue weighted by Crippen LogP contribution is -2.29. The van der Waals surface area contributed by atoms with E-state index >= 15 is 0 Å².